The highest BCUT2D eigenvalue weighted by Crippen LogP contribution is 2.48. The Bertz CT molecular complexity index is 640. The average molecular weight is 350 g/mol. The minimum absolute atomic E-state index is 0.00953. The zero-order valence-corrected chi connectivity index (χ0v) is 13.1. The van der Waals surface area contributed by atoms with E-state index in [0.29, 0.717) is 5.69 Å². The van der Waals surface area contributed by atoms with Crippen LogP contribution in [0.1, 0.15) is 12.0 Å². The molecule has 0 spiro atoms. The van der Waals surface area contributed by atoms with Crippen molar-refractivity contribution in [1.82, 2.24) is 0 Å². The standard InChI is InChI=1S/C16H16BrNO3/c1-8-2-5-12(11(17)6-8)18-15(19)13-9-3-4-10(7-9)14(13)16(20)21/h2-6,9-10,13-14H,7H2,1H3,(H,18,19)(H,20,21)/t9-,10+,13-,14+/m1/s1. The van der Waals surface area contributed by atoms with Gasteiger partial charge in [-0.25, -0.2) is 0 Å². The summed E-state index contributed by atoms with van der Waals surface area (Å²) in [6, 6.07) is 5.66. The molecule has 21 heavy (non-hydrogen) atoms. The quantitative estimate of drug-likeness (QED) is 0.823. The van der Waals surface area contributed by atoms with Crippen molar-refractivity contribution in [3.05, 3.63) is 40.4 Å². The van der Waals surface area contributed by atoms with Crippen LogP contribution in [-0.4, -0.2) is 17.0 Å². The first-order valence-electron chi connectivity index (χ1n) is 6.95. The van der Waals surface area contributed by atoms with Crippen LogP contribution in [0.15, 0.2) is 34.8 Å². The second-order valence-corrected chi connectivity index (χ2v) is 6.67. The minimum atomic E-state index is -0.880. The number of carboxylic acids is 1. The molecule has 5 heteroatoms. The molecule has 1 aromatic carbocycles. The van der Waals surface area contributed by atoms with Gasteiger partial charge in [0.1, 0.15) is 0 Å². The zero-order chi connectivity index (χ0) is 15.1. The molecule has 4 atom stereocenters. The fraction of sp³-hybridized carbons (Fsp3) is 0.375. The van der Waals surface area contributed by atoms with Crippen LogP contribution in [0.2, 0.25) is 0 Å². The van der Waals surface area contributed by atoms with Gasteiger partial charge in [-0.05, 0) is 58.8 Å². The number of carbonyl (C=O) groups excluding carboxylic acids is 1. The SMILES string of the molecule is Cc1ccc(NC(=O)[C@H]2[C@@H](C(=O)O)[C@H]3C=C[C@@H]2C3)c(Br)c1. The Kier molecular flexibility index (Phi) is 3.61. The van der Waals surface area contributed by atoms with Crippen molar-refractivity contribution in [2.75, 3.05) is 5.32 Å². The maximum atomic E-state index is 12.5. The molecular weight excluding hydrogens is 334 g/mol. The number of halogens is 1. The first-order chi connectivity index (χ1) is 9.97. The summed E-state index contributed by atoms with van der Waals surface area (Å²) in [6.07, 6.45) is 4.69. The number of amides is 1. The van der Waals surface area contributed by atoms with E-state index >= 15 is 0 Å². The van der Waals surface area contributed by atoms with Crippen molar-refractivity contribution in [2.45, 2.75) is 13.3 Å². The number of nitrogens with one attached hydrogen (secondary N) is 1. The van der Waals surface area contributed by atoms with Gasteiger partial charge in [-0.15, -0.1) is 0 Å². The third kappa shape index (κ3) is 2.50. The molecular formula is C16H16BrNO3. The van der Waals surface area contributed by atoms with E-state index in [2.05, 4.69) is 21.2 Å². The Morgan fingerprint density at radius 3 is 2.52 bits per heavy atom. The molecule has 0 aliphatic heterocycles. The summed E-state index contributed by atoms with van der Waals surface area (Å²) in [5.74, 6) is -2.14. The lowest BCUT2D eigenvalue weighted by molar-refractivity contribution is -0.146. The minimum Gasteiger partial charge on any atom is -0.481 e. The molecule has 0 aromatic heterocycles. The maximum absolute atomic E-state index is 12.5. The molecule has 0 radical (unpaired) electrons. The van der Waals surface area contributed by atoms with Crippen molar-refractivity contribution >= 4 is 33.5 Å². The van der Waals surface area contributed by atoms with Crippen LogP contribution in [0.4, 0.5) is 5.69 Å². The summed E-state index contributed by atoms with van der Waals surface area (Å²) < 4.78 is 0.807. The molecule has 2 bridgehead atoms. The van der Waals surface area contributed by atoms with Crippen LogP contribution >= 0.6 is 15.9 Å². The second kappa shape index (κ2) is 5.30. The number of allylic oxidation sites excluding steroid dienone is 2. The third-order valence-corrected chi connectivity index (χ3v) is 5.09. The normalized spacial score (nSPS) is 29.6. The summed E-state index contributed by atoms with van der Waals surface area (Å²) in [7, 11) is 0. The number of anilines is 1. The Morgan fingerprint density at radius 2 is 1.90 bits per heavy atom. The number of carbonyl (C=O) groups is 2. The predicted molar refractivity (Wildman–Crippen MR) is 82.9 cm³/mol. The van der Waals surface area contributed by atoms with E-state index in [-0.39, 0.29) is 17.7 Å². The van der Waals surface area contributed by atoms with Crippen LogP contribution in [0, 0.1) is 30.6 Å². The molecule has 4 nitrogen and oxygen atoms in total. The summed E-state index contributed by atoms with van der Waals surface area (Å²) in [4.78, 5) is 24.0. The second-order valence-electron chi connectivity index (χ2n) is 5.81. The van der Waals surface area contributed by atoms with Crippen molar-refractivity contribution in [2.24, 2.45) is 23.7 Å². The van der Waals surface area contributed by atoms with E-state index in [1.165, 1.54) is 0 Å². The molecule has 0 unspecified atom stereocenters. The summed E-state index contributed by atoms with van der Waals surface area (Å²) in [5, 5.41) is 12.3. The number of aryl methyl sites for hydroxylation is 1. The van der Waals surface area contributed by atoms with E-state index in [1.807, 2.05) is 37.3 Å². The lowest BCUT2D eigenvalue weighted by atomic mass is 9.82. The lowest BCUT2D eigenvalue weighted by Gasteiger charge is -2.24. The van der Waals surface area contributed by atoms with Crippen molar-refractivity contribution < 1.29 is 14.7 Å². The number of rotatable bonds is 3. The van der Waals surface area contributed by atoms with E-state index in [9.17, 15) is 14.7 Å². The van der Waals surface area contributed by atoms with Gasteiger partial charge in [0.2, 0.25) is 5.91 Å². The van der Waals surface area contributed by atoms with Gasteiger partial charge in [-0.2, -0.15) is 0 Å². The van der Waals surface area contributed by atoms with Gasteiger partial charge in [0.05, 0.1) is 17.5 Å². The van der Waals surface area contributed by atoms with E-state index in [4.69, 9.17) is 0 Å². The van der Waals surface area contributed by atoms with Gasteiger partial charge >= 0.3 is 5.97 Å². The molecule has 110 valence electrons. The van der Waals surface area contributed by atoms with Crippen molar-refractivity contribution in [1.29, 1.82) is 0 Å². The van der Waals surface area contributed by atoms with Crippen LogP contribution in [0.3, 0.4) is 0 Å². The predicted octanol–water partition coefficient (Wildman–Crippen LogP) is 3.22. The maximum Gasteiger partial charge on any atom is 0.307 e. The zero-order valence-electron chi connectivity index (χ0n) is 11.5. The highest BCUT2D eigenvalue weighted by Gasteiger charge is 2.51. The first kappa shape index (κ1) is 14.3. The number of hydrogen-bond acceptors (Lipinski definition) is 2. The lowest BCUT2D eigenvalue weighted by Crippen LogP contribution is -2.36. The fourth-order valence-electron chi connectivity index (χ4n) is 3.45. The molecule has 1 aromatic rings. The van der Waals surface area contributed by atoms with Crippen LogP contribution in [0.25, 0.3) is 0 Å². The fourth-order valence-corrected chi connectivity index (χ4v) is 4.05. The number of aliphatic carboxylic acids is 1. The highest BCUT2D eigenvalue weighted by molar-refractivity contribution is 9.10. The van der Waals surface area contributed by atoms with E-state index in [0.717, 1.165) is 16.5 Å². The van der Waals surface area contributed by atoms with Gasteiger partial charge in [-0.3, -0.25) is 9.59 Å². The molecule has 0 saturated heterocycles. The molecule has 1 saturated carbocycles. The van der Waals surface area contributed by atoms with Gasteiger partial charge in [-0.1, -0.05) is 18.2 Å². The first-order valence-corrected chi connectivity index (χ1v) is 7.75. The number of hydrogen-bond donors (Lipinski definition) is 2. The molecule has 2 aliphatic rings. The van der Waals surface area contributed by atoms with Gasteiger partial charge < -0.3 is 10.4 Å². The van der Waals surface area contributed by atoms with Crippen LogP contribution < -0.4 is 5.32 Å². The van der Waals surface area contributed by atoms with E-state index in [1.54, 1.807) is 0 Å². The van der Waals surface area contributed by atoms with Gasteiger partial charge in [0.25, 0.3) is 0 Å². The Labute approximate surface area is 131 Å². The molecule has 2 aliphatic carbocycles. The van der Waals surface area contributed by atoms with Crippen LogP contribution in [0.5, 0.6) is 0 Å². The van der Waals surface area contributed by atoms with Crippen molar-refractivity contribution in [3.63, 3.8) is 0 Å². The third-order valence-electron chi connectivity index (χ3n) is 4.43. The number of fused-ring (bicyclic) bond motifs is 2. The summed E-state index contributed by atoms with van der Waals surface area (Å²) in [5.41, 5.74) is 1.77. The smallest absolute Gasteiger partial charge is 0.307 e. The monoisotopic (exact) mass is 349 g/mol. The largest absolute Gasteiger partial charge is 0.481 e. The van der Waals surface area contributed by atoms with Crippen molar-refractivity contribution in [3.8, 4) is 0 Å². The van der Waals surface area contributed by atoms with Crippen LogP contribution in [-0.2, 0) is 9.59 Å². The topological polar surface area (TPSA) is 66.4 Å². The number of benzene rings is 1. The average Bonchev–Trinajstić information content (AvgIpc) is 3.02. The van der Waals surface area contributed by atoms with Gasteiger partial charge in [0.15, 0.2) is 0 Å². The summed E-state index contributed by atoms with van der Waals surface area (Å²) >= 11 is 3.42. The Balaban J connectivity index is 1.82. The molecule has 1 fully saturated rings. The Morgan fingerprint density at radius 1 is 1.24 bits per heavy atom. The molecule has 0 heterocycles. The van der Waals surface area contributed by atoms with Gasteiger partial charge in [0, 0.05) is 4.47 Å². The highest BCUT2D eigenvalue weighted by atomic mass is 79.9. The molecule has 1 amide bonds. The molecule has 2 N–H and O–H groups in total. The summed E-state index contributed by atoms with van der Waals surface area (Å²) in [6.45, 7) is 1.97. The Hall–Kier alpha value is -1.62. The van der Waals surface area contributed by atoms with E-state index < -0.39 is 17.8 Å². The molecule has 3 rings (SSSR count). The number of carboxylic acid groups (broad SMARTS) is 1.